The van der Waals surface area contributed by atoms with Gasteiger partial charge in [0.15, 0.2) is 0 Å². The molecule has 31 heavy (non-hydrogen) atoms. The van der Waals surface area contributed by atoms with E-state index in [1.807, 2.05) is 43.9 Å². The SMILES string of the molecule is Cc1c(-c2nc(-c3cnc(OC(C)C)c(Cl)c3)no2)cccc1N1C(=O)C2CCC1C2. The van der Waals surface area contributed by atoms with Crippen molar-refractivity contribution < 1.29 is 14.1 Å². The molecule has 2 bridgehead atoms. The zero-order chi connectivity index (χ0) is 21.7. The zero-order valence-electron chi connectivity index (χ0n) is 17.6. The zero-order valence-corrected chi connectivity index (χ0v) is 18.4. The number of amides is 1. The molecule has 160 valence electrons. The van der Waals surface area contributed by atoms with Crippen LogP contribution in [-0.4, -0.2) is 33.2 Å². The van der Waals surface area contributed by atoms with Crippen LogP contribution in [-0.2, 0) is 4.79 Å². The molecule has 2 atom stereocenters. The molecule has 0 radical (unpaired) electrons. The van der Waals surface area contributed by atoms with Crippen molar-refractivity contribution in [3.8, 4) is 28.7 Å². The van der Waals surface area contributed by atoms with Crippen molar-refractivity contribution in [2.24, 2.45) is 5.92 Å². The number of anilines is 1. The van der Waals surface area contributed by atoms with Crippen LogP contribution in [0, 0.1) is 12.8 Å². The molecule has 1 aliphatic heterocycles. The van der Waals surface area contributed by atoms with Crippen LogP contribution in [0.15, 0.2) is 35.0 Å². The minimum atomic E-state index is -0.0272. The molecule has 8 heteroatoms. The predicted molar refractivity (Wildman–Crippen MR) is 117 cm³/mol. The normalized spacial score (nSPS) is 20.2. The summed E-state index contributed by atoms with van der Waals surface area (Å²) >= 11 is 6.30. The van der Waals surface area contributed by atoms with E-state index < -0.39 is 0 Å². The van der Waals surface area contributed by atoms with Gasteiger partial charge < -0.3 is 14.2 Å². The number of rotatable bonds is 5. The van der Waals surface area contributed by atoms with Gasteiger partial charge in [0.1, 0.15) is 5.02 Å². The third-order valence-corrected chi connectivity index (χ3v) is 6.26. The molecule has 2 aliphatic rings. The number of carbonyl (C=O) groups excluding carboxylic acids is 1. The summed E-state index contributed by atoms with van der Waals surface area (Å²) in [5.74, 6) is 1.55. The number of ether oxygens (including phenoxy) is 1. The second-order valence-electron chi connectivity index (χ2n) is 8.42. The van der Waals surface area contributed by atoms with Crippen LogP contribution >= 0.6 is 11.6 Å². The summed E-state index contributed by atoms with van der Waals surface area (Å²) in [6, 6.07) is 7.86. The summed E-state index contributed by atoms with van der Waals surface area (Å²) < 4.78 is 11.1. The average Bonchev–Trinajstić information content (AvgIpc) is 3.46. The Morgan fingerprint density at radius 3 is 2.84 bits per heavy atom. The van der Waals surface area contributed by atoms with Gasteiger partial charge in [-0.05, 0) is 63.8 Å². The Kier molecular flexibility index (Phi) is 4.93. The molecule has 1 amide bonds. The molecule has 5 rings (SSSR count). The standard InChI is InChI=1S/C23H23ClN4O3/c1-12(2)30-22-18(24)10-15(11-25-22)20-26-21(31-27-20)17-5-4-6-19(13(17)3)28-16-8-7-14(9-16)23(28)29/h4-6,10-12,14,16H,7-9H2,1-3H3. The lowest BCUT2D eigenvalue weighted by Gasteiger charge is -2.29. The summed E-state index contributed by atoms with van der Waals surface area (Å²) in [7, 11) is 0. The van der Waals surface area contributed by atoms with E-state index in [2.05, 4.69) is 15.1 Å². The number of hydrogen-bond acceptors (Lipinski definition) is 6. The molecule has 3 aromatic rings. The van der Waals surface area contributed by atoms with Gasteiger partial charge in [-0.3, -0.25) is 4.79 Å². The van der Waals surface area contributed by atoms with Gasteiger partial charge >= 0.3 is 0 Å². The van der Waals surface area contributed by atoms with Crippen molar-refractivity contribution >= 4 is 23.2 Å². The highest BCUT2D eigenvalue weighted by Crippen LogP contribution is 2.43. The summed E-state index contributed by atoms with van der Waals surface area (Å²) in [5.41, 5.74) is 3.33. The van der Waals surface area contributed by atoms with Crippen LogP contribution in [0.2, 0.25) is 5.02 Å². The second-order valence-corrected chi connectivity index (χ2v) is 8.83. The average molecular weight is 439 g/mol. The van der Waals surface area contributed by atoms with Gasteiger partial charge in [0.2, 0.25) is 17.6 Å². The molecular formula is C23H23ClN4O3. The lowest BCUT2D eigenvalue weighted by Crippen LogP contribution is -2.37. The number of pyridine rings is 1. The first-order valence-electron chi connectivity index (χ1n) is 10.5. The lowest BCUT2D eigenvalue weighted by molar-refractivity contribution is -0.121. The van der Waals surface area contributed by atoms with E-state index in [1.165, 1.54) is 0 Å². The Morgan fingerprint density at radius 2 is 2.13 bits per heavy atom. The molecule has 2 fully saturated rings. The minimum absolute atomic E-state index is 0.0272. The predicted octanol–water partition coefficient (Wildman–Crippen LogP) is 5.06. The number of halogens is 1. The van der Waals surface area contributed by atoms with Crippen molar-refractivity contribution in [3.63, 3.8) is 0 Å². The Bertz CT molecular complexity index is 1160. The van der Waals surface area contributed by atoms with E-state index in [9.17, 15) is 4.79 Å². The lowest BCUT2D eigenvalue weighted by atomic mass is 10.0. The minimum Gasteiger partial charge on any atom is -0.474 e. The van der Waals surface area contributed by atoms with Gasteiger partial charge in [-0.2, -0.15) is 4.98 Å². The molecule has 0 spiro atoms. The van der Waals surface area contributed by atoms with Gasteiger partial charge in [-0.15, -0.1) is 0 Å². The van der Waals surface area contributed by atoms with Crippen LogP contribution < -0.4 is 9.64 Å². The van der Waals surface area contributed by atoms with Crippen molar-refractivity contribution in [1.29, 1.82) is 0 Å². The number of carbonyl (C=O) groups is 1. The quantitative estimate of drug-likeness (QED) is 0.553. The van der Waals surface area contributed by atoms with Crippen molar-refractivity contribution in [2.75, 3.05) is 4.90 Å². The Labute approximate surface area is 185 Å². The molecule has 0 N–H and O–H groups in total. The number of piperidine rings is 1. The van der Waals surface area contributed by atoms with Crippen LogP contribution in [0.3, 0.4) is 0 Å². The van der Waals surface area contributed by atoms with Crippen molar-refractivity contribution in [3.05, 3.63) is 41.0 Å². The summed E-state index contributed by atoms with van der Waals surface area (Å²) in [6.07, 6.45) is 4.61. The van der Waals surface area contributed by atoms with Gasteiger partial charge in [0.05, 0.1) is 6.10 Å². The number of benzene rings is 1. The Morgan fingerprint density at radius 1 is 1.29 bits per heavy atom. The third-order valence-electron chi connectivity index (χ3n) is 5.99. The van der Waals surface area contributed by atoms with Gasteiger partial charge in [0, 0.05) is 35.0 Å². The Balaban J connectivity index is 1.45. The highest BCUT2D eigenvalue weighted by atomic mass is 35.5. The first kappa shape index (κ1) is 20.0. The van der Waals surface area contributed by atoms with Gasteiger partial charge in [-0.1, -0.05) is 22.8 Å². The molecule has 1 aromatic carbocycles. The fraction of sp³-hybridized carbons (Fsp3) is 0.391. The number of aromatic nitrogens is 3. The molecule has 2 aromatic heterocycles. The monoisotopic (exact) mass is 438 g/mol. The molecule has 1 saturated heterocycles. The number of hydrogen-bond donors (Lipinski definition) is 0. The molecule has 2 unspecified atom stereocenters. The number of nitrogens with zero attached hydrogens (tertiary/aromatic N) is 4. The smallest absolute Gasteiger partial charge is 0.258 e. The number of fused-ring (bicyclic) bond motifs is 2. The topological polar surface area (TPSA) is 81.3 Å². The second kappa shape index (κ2) is 7.64. The molecule has 1 aliphatic carbocycles. The van der Waals surface area contributed by atoms with E-state index in [4.69, 9.17) is 20.9 Å². The van der Waals surface area contributed by atoms with Gasteiger partial charge in [-0.25, -0.2) is 4.98 Å². The van der Waals surface area contributed by atoms with Crippen LogP contribution in [0.5, 0.6) is 5.88 Å². The first-order chi connectivity index (χ1) is 14.9. The maximum atomic E-state index is 12.7. The van der Waals surface area contributed by atoms with E-state index in [0.717, 1.165) is 36.1 Å². The van der Waals surface area contributed by atoms with Crippen LogP contribution in [0.4, 0.5) is 5.69 Å². The summed E-state index contributed by atoms with van der Waals surface area (Å²) in [5, 5.41) is 4.50. The largest absolute Gasteiger partial charge is 0.474 e. The van der Waals surface area contributed by atoms with E-state index >= 15 is 0 Å². The molecule has 3 heterocycles. The molecular weight excluding hydrogens is 416 g/mol. The molecule has 7 nitrogen and oxygen atoms in total. The summed E-state index contributed by atoms with van der Waals surface area (Å²) in [4.78, 5) is 23.5. The van der Waals surface area contributed by atoms with E-state index in [1.54, 1.807) is 12.3 Å². The maximum absolute atomic E-state index is 12.7. The maximum Gasteiger partial charge on any atom is 0.258 e. The van der Waals surface area contributed by atoms with E-state index in [0.29, 0.717) is 34.2 Å². The molecule has 1 saturated carbocycles. The van der Waals surface area contributed by atoms with Crippen LogP contribution in [0.1, 0.15) is 38.7 Å². The fourth-order valence-corrected chi connectivity index (χ4v) is 4.74. The van der Waals surface area contributed by atoms with Gasteiger partial charge in [0.25, 0.3) is 5.89 Å². The van der Waals surface area contributed by atoms with Crippen molar-refractivity contribution in [2.45, 2.75) is 52.2 Å². The van der Waals surface area contributed by atoms with Crippen LogP contribution in [0.25, 0.3) is 22.8 Å². The highest BCUT2D eigenvalue weighted by Gasteiger charge is 2.45. The fourth-order valence-electron chi connectivity index (χ4n) is 4.53. The third kappa shape index (κ3) is 3.47. The Hall–Kier alpha value is -2.93. The highest BCUT2D eigenvalue weighted by molar-refractivity contribution is 6.32. The van der Waals surface area contributed by atoms with E-state index in [-0.39, 0.29) is 17.9 Å². The summed E-state index contributed by atoms with van der Waals surface area (Å²) in [6.45, 7) is 5.81. The van der Waals surface area contributed by atoms with Crippen molar-refractivity contribution in [1.82, 2.24) is 15.1 Å². The first-order valence-corrected chi connectivity index (χ1v) is 10.9.